The van der Waals surface area contributed by atoms with Crippen LogP contribution in [0.4, 0.5) is 0 Å². The van der Waals surface area contributed by atoms with Crippen LogP contribution in [-0.4, -0.2) is 144 Å². The predicted octanol–water partition coefficient (Wildman–Crippen LogP) is 2.78. The second-order valence-corrected chi connectivity index (χ2v) is 9.88. The zero-order chi connectivity index (χ0) is 34.0. The Morgan fingerprint density at radius 2 is 0.646 bits per heavy atom. The Bertz CT molecular complexity index is 1010. The molecule has 0 N–H and O–H groups in total. The molecule has 13 nitrogen and oxygen atoms in total. The van der Waals surface area contributed by atoms with Crippen molar-refractivity contribution in [3.05, 3.63) is 71.8 Å². The van der Waals surface area contributed by atoms with Crippen molar-refractivity contribution in [1.29, 1.82) is 0 Å². The third-order valence-corrected chi connectivity index (χ3v) is 6.14. The lowest BCUT2D eigenvalue weighted by Gasteiger charge is -2.09. The second-order valence-electron chi connectivity index (χ2n) is 9.88. The molecule has 48 heavy (non-hydrogen) atoms. The van der Waals surface area contributed by atoms with Crippen LogP contribution in [0.2, 0.25) is 0 Å². The number of rotatable bonds is 34. The number of esters is 1. The van der Waals surface area contributed by atoms with Crippen LogP contribution in [0.5, 0.6) is 0 Å². The van der Waals surface area contributed by atoms with Gasteiger partial charge < -0.3 is 52.1 Å². The summed E-state index contributed by atoms with van der Waals surface area (Å²) in [6, 6.07) is 18.3. The SMILES string of the molecule is O=C(OCCOCCOCCOCCOCCOCCOCCOCCOCCOCCOCc1ccccc1)C(=O)c1ccccc1. The number of ether oxygens (including phenoxy) is 11. The first kappa shape index (κ1) is 41.4. The van der Waals surface area contributed by atoms with Gasteiger partial charge in [-0.1, -0.05) is 60.7 Å². The van der Waals surface area contributed by atoms with Crippen LogP contribution >= 0.6 is 0 Å². The van der Waals surface area contributed by atoms with E-state index in [1.807, 2.05) is 30.3 Å². The van der Waals surface area contributed by atoms with Crippen LogP contribution in [0.15, 0.2) is 60.7 Å². The molecule has 2 rings (SSSR count). The van der Waals surface area contributed by atoms with E-state index < -0.39 is 11.8 Å². The van der Waals surface area contributed by atoms with Crippen LogP contribution in [0.3, 0.4) is 0 Å². The van der Waals surface area contributed by atoms with E-state index in [9.17, 15) is 9.59 Å². The molecule has 0 saturated carbocycles. The van der Waals surface area contributed by atoms with Crippen molar-refractivity contribution in [2.75, 3.05) is 132 Å². The highest BCUT2D eigenvalue weighted by molar-refractivity contribution is 6.40. The van der Waals surface area contributed by atoms with Crippen molar-refractivity contribution < 1.29 is 61.7 Å². The second kappa shape index (κ2) is 31.4. The number of carbonyl (C=O) groups excluding carboxylic acids is 2. The minimum atomic E-state index is -0.897. The van der Waals surface area contributed by atoms with Crippen molar-refractivity contribution >= 4 is 11.8 Å². The standard InChI is InChI=1S/C35H52O13/c36-34(33-9-5-2-6-10-33)35(37)48-30-29-46-26-25-44-22-21-42-18-17-40-14-13-38-11-12-39-15-16-41-19-20-43-23-24-45-27-28-47-31-32-7-3-1-4-8-32/h1-10H,11-31H2. The Labute approximate surface area is 283 Å². The normalized spacial score (nSPS) is 11.2. The van der Waals surface area contributed by atoms with Crippen molar-refractivity contribution in [3.8, 4) is 0 Å². The van der Waals surface area contributed by atoms with Crippen LogP contribution in [0.1, 0.15) is 15.9 Å². The number of hydrogen-bond acceptors (Lipinski definition) is 13. The molecule has 2 aromatic rings. The molecule has 0 aromatic heterocycles. The minimum absolute atomic E-state index is 0.00210. The highest BCUT2D eigenvalue weighted by Crippen LogP contribution is 2.02. The van der Waals surface area contributed by atoms with Gasteiger partial charge in [-0.2, -0.15) is 0 Å². The Morgan fingerprint density at radius 1 is 0.354 bits per heavy atom. The molecule has 0 atom stereocenters. The first-order valence-corrected chi connectivity index (χ1v) is 16.3. The molecule has 0 aliphatic heterocycles. The molecule has 0 fully saturated rings. The highest BCUT2D eigenvalue weighted by Gasteiger charge is 2.17. The first-order chi connectivity index (χ1) is 23.8. The quantitative estimate of drug-likeness (QED) is 0.0465. The van der Waals surface area contributed by atoms with Gasteiger partial charge in [-0.05, 0) is 5.56 Å². The zero-order valence-electron chi connectivity index (χ0n) is 27.9. The van der Waals surface area contributed by atoms with Crippen LogP contribution in [-0.2, 0) is 63.5 Å². The molecule has 13 heteroatoms. The maximum Gasteiger partial charge on any atom is 0.379 e. The summed E-state index contributed by atoms with van der Waals surface area (Å²) in [6.45, 7) is 9.36. The molecule has 0 amide bonds. The smallest absolute Gasteiger partial charge is 0.379 e. The Kier molecular flexibility index (Phi) is 27.1. The summed E-state index contributed by atoms with van der Waals surface area (Å²) >= 11 is 0. The summed E-state index contributed by atoms with van der Waals surface area (Å²) in [5.41, 5.74) is 1.45. The van der Waals surface area contributed by atoms with Crippen LogP contribution in [0.25, 0.3) is 0 Å². The lowest BCUT2D eigenvalue weighted by atomic mass is 10.1. The van der Waals surface area contributed by atoms with E-state index >= 15 is 0 Å². The molecule has 0 heterocycles. The monoisotopic (exact) mass is 680 g/mol. The van der Waals surface area contributed by atoms with Crippen LogP contribution in [0, 0.1) is 0 Å². The number of carbonyl (C=O) groups is 2. The molecular formula is C35H52O13. The zero-order valence-corrected chi connectivity index (χ0v) is 27.9. The van der Waals surface area contributed by atoms with Crippen LogP contribution < -0.4 is 0 Å². The van der Waals surface area contributed by atoms with Gasteiger partial charge in [-0.25, -0.2) is 4.79 Å². The summed E-state index contributed by atoms with van der Waals surface area (Å²) in [6.07, 6.45) is 0. The lowest BCUT2D eigenvalue weighted by molar-refractivity contribution is -0.139. The average Bonchev–Trinajstić information content (AvgIpc) is 3.12. The van der Waals surface area contributed by atoms with Crippen molar-refractivity contribution in [2.24, 2.45) is 0 Å². The van der Waals surface area contributed by atoms with E-state index in [0.29, 0.717) is 131 Å². The fourth-order valence-corrected chi connectivity index (χ4v) is 3.71. The first-order valence-electron chi connectivity index (χ1n) is 16.3. The van der Waals surface area contributed by atoms with Gasteiger partial charge in [-0.3, -0.25) is 4.79 Å². The van der Waals surface area contributed by atoms with E-state index in [-0.39, 0.29) is 13.2 Å². The third kappa shape index (κ3) is 24.3. The summed E-state index contributed by atoms with van der Waals surface area (Å²) in [5, 5.41) is 0. The molecule has 0 unspecified atom stereocenters. The summed E-state index contributed by atoms with van der Waals surface area (Å²) < 4.78 is 59.5. The highest BCUT2D eigenvalue weighted by atomic mass is 16.6. The minimum Gasteiger partial charge on any atom is -0.457 e. The Morgan fingerprint density at radius 3 is 1.00 bits per heavy atom. The topological polar surface area (TPSA) is 136 Å². The molecular weight excluding hydrogens is 628 g/mol. The molecule has 2 aromatic carbocycles. The number of Topliss-reactive ketones (excluding diaryl/α,β-unsaturated/α-hetero) is 1. The third-order valence-electron chi connectivity index (χ3n) is 6.14. The largest absolute Gasteiger partial charge is 0.457 e. The van der Waals surface area contributed by atoms with E-state index in [1.165, 1.54) is 0 Å². The van der Waals surface area contributed by atoms with Gasteiger partial charge >= 0.3 is 5.97 Å². The maximum atomic E-state index is 11.9. The fraction of sp³-hybridized carbons (Fsp3) is 0.600. The van der Waals surface area contributed by atoms with Crippen molar-refractivity contribution in [1.82, 2.24) is 0 Å². The van der Waals surface area contributed by atoms with E-state index in [0.717, 1.165) is 5.56 Å². The van der Waals surface area contributed by atoms with Gasteiger partial charge in [-0.15, -0.1) is 0 Å². The Balaban J connectivity index is 1.16. The lowest BCUT2D eigenvalue weighted by Crippen LogP contribution is -2.20. The molecule has 270 valence electrons. The van der Waals surface area contributed by atoms with Gasteiger partial charge in [0.15, 0.2) is 0 Å². The van der Waals surface area contributed by atoms with E-state index in [1.54, 1.807) is 30.3 Å². The van der Waals surface area contributed by atoms with Gasteiger partial charge in [0.1, 0.15) is 6.61 Å². The Hall–Kier alpha value is -2.82. The van der Waals surface area contributed by atoms with Gasteiger partial charge in [0.2, 0.25) is 0 Å². The molecule has 0 aliphatic carbocycles. The summed E-state index contributed by atoms with van der Waals surface area (Å²) in [4.78, 5) is 23.6. The van der Waals surface area contributed by atoms with Crippen molar-refractivity contribution in [3.63, 3.8) is 0 Å². The molecule has 0 spiro atoms. The van der Waals surface area contributed by atoms with Gasteiger partial charge in [0.25, 0.3) is 5.78 Å². The molecule has 0 saturated heterocycles. The van der Waals surface area contributed by atoms with E-state index in [4.69, 9.17) is 52.1 Å². The summed E-state index contributed by atoms with van der Waals surface area (Å²) in [5.74, 6) is -1.57. The van der Waals surface area contributed by atoms with Crippen molar-refractivity contribution in [2.45, 2.75) is 6.61 Å². The van der Waals surface area contributed by atoms with Gasteiger partial charge in [0.05, 0.1) is 132 Å². The summed E-state index contributed by atoms with van der Waals surface area (Å²) in [7, 11) is 0. The molecule has 0 radical (unpaired) electrons. The number of hydrogen-bond donors (Lipinski definition) is 0. The number of benzene rings is 2. The maximum absolute atomic E-state index is 11.9. The molecule has 0 aliphatic rings. The number of ketones is 1. The van der Waals surface area contributed by atoms with E-state index in [2.05, 4.69) is 0 Å². The van der Waals surface area contributed by atoms with Gasteiger partial charge in [0, 0.05) is 5.56 Å². The predicted molar refractivity (Wildman–Crippen MR) is 175 cm³/mol. The molecule has 0 bridgehead atoms. The average molecular weight is 681 g/mol. The fourth-order valence-electron chi connectivity index (χ4n) is 3.71.